The first kappa shape index (κ1) is 16.5. The molecule has 1 aliphatic heterocycles. The zero-order valence-electron chi connectivity index (χ0n) is 14.1. The summed E-state index contributed by atoms with van der Waals surface area (Å²) in [6.07, 6.45) is 8.06. The summed E-state index contributed by atoms with van der Waals surface area (Å²) in [5, 5.41) is 14.3. The van der Waals surface area contributed by atoms with E-state index < -0.39 is 0 Å². The van der Waals surface area contributed by atoms with Crippen molar-refractivity contribution in [3.63, 3.8) is 0 Å². The second-order valence-corrected chi connectivity index (χ2v) is 6.32. The summed E-state index contributed by atoms with van der Waals surface area (Å²) in [6, 6.07) is 1.70. The van der Waals surface area contributed by atoms with Gasteiger partial charge in [0.15, 0.2) is 0 Å². The molecule has 1 unspecified atom stereocenters. The highest BCUT2D eigenvalue weighted by molar-refractivity contribution is 5.74. The number of ether oxygens (including phenoxy) is 1. The maximum atomic E-state index is 12.2. The van der Waals surface area contributed by atoms with Crippen molar-refractivity contribution in [2.45, 2.75) is 32.0 Å². The third-order valence-electron chi connectivity index (χ3n) is 4.13. The molecule has 8 heteroatoms. The Balaban J connectivity index is 1.45. The molecule has 130 valence electrons. The van der Waals surface area contributed by atoms with Crippen molar-refractivity contribution < 1.29 is 9.53 Å². The number of nitrogens with zero attached hydrogens (tertiary/aromatic N) is 4. The number of hydrogen-bond acceptors (Lipinski definition) is 4. The van der Waals surface area contributed by atoms with Gasteiger partial charge in [-0.1, -0.05) is 6.92 Å². The van der Waals surface area contributed by atoms with Crippen LogP contribution in [0.2, 0.25) is 0 Å². The van der Waals surface area contributed by atoms with Gasteiger partial charge in [0.2, 0.25) is 0 Å². The molecular weight excluding hydrogens is 308 g/mol. The van der Waals surface area contributed by atoms with Crippen molar-refractivity contribution in [3.05, 3.63) is 36.4 Å². The topological polar surface area (TPSA) is 86.0 Å². The van der Waals surface area contributed by atoms with Gasteiger partial charge in [-0.15, -0.1) is 0 Å². The highest BCUT2D eigenvalue weighted by Crippen LogP contribution is 2.28. The smallest absolute Gasteiger partial charge is 0.315 e. The molecule has 0 aliphatic carbocycles. The van der Waals surface area contributed by atoms with E-state index in [0.717, 1.165) is 18.5 Å². The highest BCUT2D eigenvalue weighted by Gasteiger charge is 2.31. The summed E-state index contributed by atoms with van der Waals surface area (Å²) in [4.78, 5) is 12.2. The van der Waals surface area contributed by atoms with Crippen LogP contribution >= 0.6 is 0 Å². The van der Waals surface area contributed by atoms with E-state index in [0.29, 0.717) is 19.1 Å². The molecular formula is C16H24N6O2. The summed E-state index contributed by atoms with van der Waals surface area (Å²) in [5.41, 5.74) is 0.993. The largest absolute Gasteiger partial charge is 0.371 e. The lowest BCUT2D eigenvalue weighted by molar-refractivity contribution is 0.0998. The lowest BCUT2D eigenvalue weighted by atomic mass is 10.1. The molecule has 0 radical (unpaired) electrons. The Morgan fingerprint density at radius 3 is 3.08 bits per heavy atom. The first-order chi connectivity index (χ1) is 11.6. The Kier molecular flexibility index (Phi) is 5.14. The third-order valence-corrected chi connectivity index (χ3v) is 4.13. The number of urea groups is 1. The minimum absolute atomic E-state index is 0.0318. The zero-order chi connectivity index (χ0) is 16.9. The lowest BCUT2D eigenvalue weighted by Crippen LogP contribution is -2.44. The number of carbonyl (C=O) groups excluding carboxylic acids is 1. The standard InChI is InChI=1S/C16H24N6O2/c1-12(10-22-6-3-5-18-22)8-17-16(23)20-14-4-7-24-15(14)13-9-19-21(2)11-13/h3,5-6,9,11-12,14-15H,4,7-8,10H2,1-2H3,(H2,17,20,23)/t12?,14-,15+/m0/s1. The van der Waals surface area contributed by atoms with Gasteiger partial charge in [0.25, 0.3) is 0 Å². The van der Waals surface area contributed by atoms with Gasteiger partial charge in [-0.2, -0.15) is 10.2 Å². The number of aryl methyl sites for hydroxylation is 1. The first-order valence-corrected chi connectivity index (χ1v) is 8.24. The minimum Gasteiger partial charge on any atom is -0.371 e. The van der Waals surface area contributed by atoms with Crippen LogP contribution in [-0.4, -0.2) is 44.8 Å². The zero-order valence-corrected chi connectivity index (χ0v) is 14.1. The molecule has 0 aromatic carbocycles. The lowest BCUT2D eigenvalue weighted by Gasteiger charge is -2.20. The van der Waals surface area contributed by atoms with Gasteiger partial charge < -0.3 is 15.4 Å². The van der Waals surface area contributed by atoms with Crippen LogP contribution < -0.4 is 10.6 Å². The number of aromatic nitrogens is 4. The van der Waals surface area contributed by atoms with Crippen molar-refractivity contribution in [3.8, 4) is 0 Å². The van der Waals surface area contributed by atoms with Gasteiger partial charge in [-0.3, -0.25) is 9.36 Å². The van der Waals surface area contributed by atoms with Gasteiger partial charge in [-0.25, -0.2) is 4.79 Å². The molecule has 24 heavy (non-hydrogen) atoms. The molecule has 0 bridgehead atoms. The molecule has 3 rings (SSSR count). The Hall–Kier alpha value is -2.35. The van der Waals surface area contributed by atoms with Gasteiger partial charge in [0.1, 0.15) is 6.10 Å². The fraction of sp³-hybridized carbons (Fsp3) is 0.562. The molecule has 2 aromatic heterocycles. The number of rotatable bonds is 6. The second-order valence-electron chi connectivity index (χ2n) is 6.32. The van der Waals surface area contributed by atoms with E-state index in [4.69, 9.17) is 4.74 Å². The summed E-state index contributed by atoms with van der Waals surface area (Å²) < 4.78 is 9.36. The number of nitrogens with one attached hydrogen (secondary N) is 2. The SMILES string of the molecule is CC(CNC(=O)N[C@H]1CCO[C@@H]1c1cnn(C)c1)Cn1cccn1. The summed E-state index contributed by atoms with van der Waals surface area (Å²) in [5.74, 6) is 0.296. The molecule has 0 saturated carbocycles. The van der Waals surface area contributed by atoms with Crippen molar-refractivity contribution in [2.24, 2.45) is 13.0 Å². The van der Waals surface area contributed by atoms with E-state index in [1.165, 1.54) is 0 Å². The maximum Gasteiger partial charge on any atom is 0.315 e. The average molecular weight is 332 g/mol. The fourth-order valence-corrected chi connectivity index (χ4v) is 2.93. The molecule has 3 heterocycles. The number of hydrogen-bond donors (Lipinski definition) is 2. The molecule has 2 N–H and O–H groups in total. The van der Waals surface area contributed by atoms with Crippen LogP contribution in [0.15, 0.2) is 30.9 Å². The minimum atomic E-state index is -0.160. The molecule has 8 nitrogen and oxygen atoms in total. The van der Waals surface area contributed by atoms with Crippen molar-refractivity contribution in [1.82, 2.24) is 30.2 Å². The second kappa shape index (κ2) is 7.48. The van der Waals surface area contributed by atoms with Gasteiger partial charge in [-0.05, 0) is 18.4 Å². The predicted molar refractivity (Wildman–Crippen MR) is 88.2 cm³/mol. The van der Waals surface area contributed by atoms with Crippen molar-refractivity contribution in [2.75, 3.05) is 13.2 Å². The summed E-state index contributed by atoms with van der Waals surface area (Å²) >= 11 is 0. The Labute approximate surface area is 141 Å². The maximum absolute atomic E-state index is 12.2. The van der Waals surface area contributed by atoms with Gasteiger partial charge in [0, 0.05) is 50.9 Å². The quantitative estimate of drug-likeness (QED) is 0.829. The number of carbonyl (C=O) groups is 1. The normalized spacial score (nSPS) is 21.6. The van der Waals surface area contributed by atoms with Gasteiger partial charge in [0.05, 0.1) is 12.2 Å². The van der Waals surface area contributed by atoms with E-state index >= 15 is 0 Å². The molecule has 1 fully saturated rings. The van der Waals surface area contributed by atoms with Crippen LogP contribution in [0.4, 0.5) is 4.79 Å². The molecule has 3 atom stereocenters. The van der Waals surface area contributed by atoms with Crippen LogP contribution in [0.1, 0.15) is 25.0 Å². The summed E-state index contributed by atoms with van der Waals surface area (Å²) in [7, 11) is 1.87. The molecule has 1 aliphatic rings. The van der Waals surface area contributed by atoms with Crippen LogP contribution in [0.5, 0.6) is 0 Å². The Bertz CT molecular complexity index is 653. The van der Waals surface area contributed by atoms with Crippen LogP contribution in [0.25, 0.3) is 0 Å². The predicted octanol–water partition coefficient (Wildman–Crippen LogP) is 1.08. The Morgan fingerprint density at radius 2 is 2.38 bits per heavy atom. The van der Waals surface area contributed by atoms with E-state index in [9.17, 15) is 4.79 Å². The Morgan fingerprint density at radius 1 is 1.50 bits per heavy atom. The third kappa shape index (κ3) is 4.14. The van der Waals surface area contributed by atoms with E-state index in [1.54, 1.807) is 17.1 Å². The van der Waals surface area contributed by atoms with E-state index in [1.807, 2.05) is 30.2 Å². The molecule has 2 aromatic rings. The van der Waals surface area contributed by atoms with Gasteiger partial charge >= 0.3 is 6.03 Å². The molecule has 1 saturated heterocycles. The fourth-order valence-electron chi connectivity index (χ4n) is 2.93. The molecule has 2 amide bonds. The number of amides is 2. The first-order valence-electron chi connectivity index (χ1n) is 8.24. The van der Waals surface area contributed by atoms with Crippen molar-refractivity contribution in [1.29, 1.82) is 0 Å². The van der Waals surface area contributed by atoms with E-state index in [-0.39, 0.29) is 18.2 Å². The average Bonchev–Trinajstić information content (AvgIpc) is 3.27. The van der Waals surface area contributed by atoms with Crippen molar-refractivity contribution >= 4 is 6.03 Å². The monoisotopic (exact) mass is 332 g/mol. The molecule has 0 spiro atoms. The highest BCUT2D eigenvalue weighted by atomic mass is 16.5. The summed E-state index contributed by atoms with van der Waals surface area (Å²) in [6.45, 7) is 4.09. The van der Waals surface area contributed by atoms with Crippen LogP contribution in [-0.2, 0) is 18.3 Å². The van der Waals surface area contributed by atoms with Crippen LogP contribution in [0, 0.1) is 5.92 Å². The van der Waals surface area contributed by atoms with E-state index in [2.05, 4.69) is 27.8 Å². The van der Waals surface area contributed by atoms with Crippen LogP contribution in [0.3, 0.4) is 0 Å².